The van der Waals surface area contributed by atoms with Crippen molar-refractivity contribution < 1.29 is 9.53 Å². The minimum absolute atomic E-state index is 0.196. The van der Waals surface area contributed by atoms with E-state index >= 15 is 0 Å². The van der Waals surface area contributed by atoms with Gasteiger partial charge in [-0.05, 0) is 53.6 Å². The predicted octanol–water partition coefficient (Wildman–Crippen LogP) is 4.85. The van der Waals surface area contributed by atoms with Crippen LogP contribution in [0.25, 0.3) is 10.8 Å². The van der Waals surface area contributed by atoms with Gasteiger partial charge in [-0.2, -0.15) is 0 Å². The van der Waals surface area contributed by atoms with Crippen molar-refractivity contribution in [1.29, 1.82) is 0 Å². The van der Waals surface area contributed by atoms with E-state index in [9.17, 15) is 4.79 Å². The number of fused-ring (bicyclic) bond motifs is 1. The van der Waals surface area contributed by atoms with Gasteiger partial charge in [0.1, 0.15) is 6.61 Å². The molecule has 1 saturated carbocycles. The van der Waals surface area contributed by atoms with Gasteiger partial charge < -0.3 is 10.1 Å². The summed E-state index contributed by atoms with van der Waals surface area (Å²) in [6, 6.07) is 22.0. The van der Waals surface area contributed by atoms with Crippen LogP contribution in [0, 0.1) is 0 Å². The molecule has 0 bridgehead atoms. The molecule has 5 nitrogen and oxygen atoms in total. The molecule has 0 aromatic heterocycles. The summed E-state index contributed by atoms with van der Waals surface area (Å²) < 4.78 is 5.15. The topological polar surface area (TPSA) is 62.4 Å². The molecule has 1 amide bonds. The average Bonchev–Trinajstić information content (AvgIpc) is 3.57. The Labute approximate surface area is 169 Å². The Morgan fingerprint density at radius 1 is 0.929 bits per heavy atom. The van der Waals surface area contributed by atoms with Gasteiger partial charge in [-0.25, -0.2) is 10.2 Å². The molecule has 0 radical (unpaired) electrons. The smallest absolute Gasteiger partial charge is 0.426 e. The molecule has 142 valence electrons. The van der Waals surface area contributed by atoms with Crippen molar-refractivity contribution in [3.05, 3.63) is 77.9 Å². The Bertz CT molecular complexity index is 1000. The molecular weight excluding hydrogens is 370 g/mol. The van der Waals surface area contributed by atoms with Crippen LogP contribution in [0.4, 0.5) is 10.5 Å². The van der Waals surface area contributed by atoms with Crippen molar-refractivity contribution in [2.45, 2.75) is 25.4 Å². The van der Waals surface area contributed by atoms with Gasteiger partial charge >= 0.3 is 6.09 Å². The van der Waals surface area contributed by atoms with E-state index < -0.39 is 6.09 Å². The van der Waals surface area contributed by atoms with Crippen molar-refractivity contribution >= 4 is 39.9 Å². The molecule has 0 saturated heterocycles. The molecule has 0 unspecified atom stereocenters. The molecule has 28 heavy (non-hydrogen) atoms. The van der Waals surface area contributed by atoms with Crippen molar-refractivity contribution in [3.8, 4) is 0 Å². The molecule has 0 spiro atoms. The second kappa shape index (κ2) is 8.27. The van der Waals surface area contributed by atoms with Gasteiger partial charge in [0.15, 0.2) is 5.11 Å². The lowest BCUT2D eigenvalue weighted by atomic mass is 10.00. The number of ether oxygens (including phenoxy) is 1. The molecule has 0 atom stereocenters. The van der Waals surface area contributed by atoms with E-state index in [1.807, 2.05) is 42.5 Å². The zero-order valence-corrected chi connectivity index (χ0v) is 16.1. The molecule has 1 aliphatic rings. The first kappa shape index (κ1) is 18.3. The van der Waals surface area contributed by atoms with Gasteiger partial charge in [0.25, 0.3) is 0 Å². The Morgan fingerprint density at radius 2 is 1.64 bits per heavy atom. The van der Waals surface area contributed by atoms with Crippen LogP contribution < -0.4 is 16.2 Å². The number of thiocarbonyl (C=S) groups is 1. The summed E-state index contributed by atoms with van der Waals surface area (Å²) in [6.45, 7) is 0.196. The Kier molecular flexibility index (Phi) is 5.39. The van der Waals surface area contributed by atoms with Gasteiger partial charge in [-0.3, -0.25) is 5.43 Å². The number of nitrogens with one attached hydrogen (secondary N) is 3. The van der Waals surface area contributed by atoms with Gasteiger partial charge in [0.2, 0.25) is 0 Å². The quantitative estimate of drug-likeness (QED) is 0.439. The highest BCUT2D eigenvalue weighted by Gasteiger charge is 2.25. The molecule has 3 aromatic carbocycles. The van der Waals surface area contributed by atoms with Crippen LogP contribution in [0.15, 0.2) is 66.7 Å². The highest BCUT2D eigenvalue weighted by Crippen LogP contribution is 2.44. The Balaban J connectivity index is 1.34. The Hall–Kier alpha value is -3.12. The van der Waals surface area contributed by atoms with Crippen molar-refractivity contribution in [1.82, 2.24) is 10.9 Å². The van der Waals surface area contributed by atoms with Crippen LogP contribution in [0.2, 0.25) is 0 Å². The zero-order chi connectivity index (χ0) is 19.3. The molecule has 6 heteroatoms. The van der Waals surface area contributed by atoms with Gasteiger partial charge in [0.05, 0.1) is 0 Å². The van der Waals surface area contributed by atoms with Gasteiger partial charge in [-0.15, -0.1) is 0 Å². The number of hydrazine groups is 1. The first-order chi connectivity index (χ1) is 13.7. The highest BCUT2D eigenvalue weighted by molar-refractivity contribution is 7.80. The number of carbonyl (C=O) groups excluding carboxylic acids is 1. The zero-order valence-electron chi connectivity index (χ0n) is 15.3. The van der Waals surface area contributed by atoms with Crippen molar-refractivity contribution in [2.75, 3.05) is 5.32 Å². The molecule has 3 aromatic rings. The summed E-state index contributed by atoms with van der Waals surface area (Å²) in [5, 5.41) is 5.80. The number of amides is 1. The number of carbonyl (C=O) groups is 1. The van der Waals surface area contributed by atoms with Gasteiger partial charge in [-0.1, -0.05) is 60.7 Å². The number of anilines is 1. The second-order valence-corrected chi connectivity index (χ2v) is 7.20. The first-order valence-electron chi connectivity index (χ1n) is 9.26. The molecule has 4 rings (SSSR count). The summed E-state index contributed by atoms with van der Waals surface area (Å²) >= 11 is 5.30. The van der Waals surface area contributed by atoms with Gasteiger partial charge in [0, 0.05) is 11.1 Å². The molecule has 0 aliphatic heterocycles. The lowest BCUT2D eigenvalue weighted by Crippen LogP contribution is -2.43. The van der Waals surface area contributed by atoms with E-state index in [1.165, 1.54) is 23.8 Å². The maximum absolute atomic E-state index is 11.8. The maximum atomic E-state index is 11.8. The molecule has 3 N–H and O–H groups in total. The van der Waals surface area contributed by atoms with Crippen LogP contribution in [0.5, 0.6) is 0 Å². The lowest BCUT2D eigenvalue weighted by Gasteiger charge is -2.15. The van der Waals surface area contributed by atoms with E-state index in [0.717, 1.165) is 16.6 Å². The maximum Gasteiger partial charge on any atom is 0.426 e. The van der Waals surface area contributed by atoms with E-state index in [1.54, 1.807) is 0 Å². The third kappa shape index (κ3) is 4.40. The monoisotopic (exact) mass is 391 g/mol. The Morgan fingerprint density at radius 3 is 2.39 bits per heavy atom. The summed E-state index contributed by atoms with van der Waals surface area (Å²) in [5.74, 6) is 0.671. The fourth-order valence-corrected chi connectivity index (χ4v) is 3.36. The number of hydrogen-bond acceptors (Lipinski definition) is 3. The standard InChI is InChI=1S/C22H21N3O2S/c26-22(27-14-15-6-2-1-3-7-15)25-24-21(28)23-20-13-12-17(16-10-11-16)18-8-4-5-9-19(18)20/h1-9,12-13,16H,10-11,14H2,(H,25,26)(H2,23,24,28). The molecule has 1 fully saturated rings. The SMILES string of the molecule is O=C(NNC(=S)Nc1ccc(C2CC2)c2ccccc12)OCc1ccccc1. The summed E-state index contributed by atoms with van der Waals surface area (Å²) in [5.41, 5.74) is 8.33. The number of rotatable bonds is 4. The molecule has 0 heterocycles. The lowest BCUT2D eigenvalue weighted by molar-refractivity contribution is 0.137. The highest BCUT2D eigenvalue weighted by atomic mass is 32.1. The molecular formula is C22H21N3O2S. The van der Waals surface area contributed by atoms with E-state index in [-0.39, 0.29) is 6.61 Å². The minimum atomic E-state index is -0.595. The fourth-order valence-electron chi connectivity index (χ4n) is 3.20. The molecule has 1 aliphatic carbocycles. The predicted molar refractivity (Wildman–Crippen MR) is 115 cm³/mol. The summed E-state index contributed by atoms with van der Waals surface area (Å²) in [7, 11) is 0. The van der Waals surface area contributed by atoms with Crippen molar-refractivity contribution in [2.24, 2.45) is 0 Å². The normalized spacial score (nSPS) is 13.0. The third-order valence-corrected chi connectivity index (χ3v) is 4.92. The van der Waals surface area contributed by atoms with Crippen LogP contribution in [-0.2, 0) is 11.3 Å². The second-order valence-electron chi connectivity index (χ2n) is 6.79. The van der Waals surface area contributed by atoms with Crippen LogP contribution in [0.3, 0.4) is 0 Å². The van der Waals surface area contributed by atoms with E-state index in [2.05, 4.69) is 40.4 Å². The van der Waals surface area contributed by atoms with E-state index in [0.29, 0.717) is 11.0 Å². The fraction of sp³-hybridized carbons (Fsp3) is 0.182. The third-order valence-electron chi connectivity index (χ3n) is 4.71. The van der Waals surface area contributed by atoms with Crippen molar-refractivity contribution in [3.63, 3.8) is 0 Å². The average molecular weight is 391 g/mol. The van der Waals surface area contributed by atoms with Crippen LogP contribution >= 0.6 is 12.2 Å². The summed E-state index contributed by atoms with van der Waals surface area (Å²) in [6.07, 6.45) is 1.92. The minimum Gasteiger partial charge on any atom is -0.443 e. The van der Waals surface area contributed by atoms with E-state index in [4.69, 9.17) is 17.0 Å². The largest absolute Gasteiger partial charge is 0.443 e. The number of benzene rings is 3. The number of hydrogen-bond donors (Lipinski definition) is 3. The van der Waals surface area contributed by atoms with Crippen LogP contribution in [0.1, 0.15) is 29.9 Å². The van der Waals surface area contributed by atoms with Crippen LogP contribution in [-0.4, -0.2) is 11.2 Å². The first-order valence-corrected chi connectivity index (χ1v) is 9.67. The summed E-state index contributed by atoms with van der Waals surface area (Å²) in [4.78, 5) is 11.8.